The zero-order valence-corrected chi connectivity index (χ0v) is 14.4. The SMILES string of the molecule is C#CC.CN=C1C(=C(C)C)C(NCc2ccccn2)=CC(=O)N1O. The van der Waals surface area contributed by atoms with Gasteiger partial charge < -0.3 is 5.32 Å². The van der Waals surface area contributed by atoms with E-state index >= 15 is 0 Å². The summed E-state index contributed by atoms with van der Waals surface area (Å²) in [6, 6.07) is 5.65. The topological polar surface area (TPSA) is 77.8 Å². The lowest BCUT2D eigenvalue weighted by Crippen LogP contribution is -2.40. The molecule has 6 nitrogen and oxygen atoms in total. The largest absolute Gasteiger partial charge is 0.379 e. The second kappa shape index (κ2) is 9.28. The Morgan fingerprint density at radius 1 is 1.46 bits per heavy atom. The number of aromatic nitrogens is 1. The van der Waals surface area contributed by atoms with E-state index in [0.717, 1.165) is 16.8 Å². The van der Waals surface area contributed by atoms with Crippen molar-refractivity contribution in [1.82, 2.24) is 15.4 Å². The highest BCUT2D eigenvalue weighted by molar-refractivity contribution is 6.15. The summed E-state index contributed by atoms with van der Waals surface area (Å²) in [6.45, 7) is 5.94. The van der Waals surface area contributed by atoms with Crippen LogP contribution in [0.25, 0.3) is 0 Å². The van der Waals surface area contributed by atoms with Gasteiger partial charge in [0.05, 0.1) is 17.9 Å². The summed E-state index contributed by atoms with van der Waals surface area (Å²) in [7, 11) is 1.54. The Kier molecular flexibility index (Phi) is 7.40. The number of carbonyl (C=O) groups excluding carboxylic acids is 1. The van der Waals surface area contributed by atoms with Gasteiger partial charge in [0.25, 0.3) is 5.91 Å². The van der Waals surface area contributed by atoms with E-state index in [9.17, 15) is 10.0 Å². The van der Waals surface area contributed by atoms with E-state index in [2.05, 4.69) is 27.6 Å². The Balaban J connectivity index is 0.000000891. The molecule has 0 bridgehead atoms. The molecule has 126 valence electrons. The maximum absolute atomic E-state index is 11.8. The smallest absolute Gasteiger partial charge is 0.278 e. The third-order valence-corrected chi connectivity index (χ3v) is 3.07. The standard InChI is InChI=1S/C15H18N4O2.C3H4/c1-10(2)14-12(8-13(20)19(21)15(14)16-3)18-9-11-6-4-5-7-17-11;1-3-2/h4-8,18,21H,9H2,1-3H3;1H,2H3. The number of terminal acetylenes is 1. The van der Waals surface area contributed by atoms with Gasteiger partial charge in [-0.15, -0.1) is 12.3 Å². The van der Waals surface area contributed by atoms with E-state index < -0.39 is 5.91 Å². The Bertz CT molecular complexity index is 708. The van der Waals surface area contributed by atoms with Gasteiger partial charge in [-0.1, -0.05) is 11.6 Å². The van der Waals surface area contributed by atoms with Crippen LogP contribution in [0.2, 0.25) is 0 Å². The fourth-order valence-corrected chi connectivity index (χ4v) is 2.11. The molecule has 0 radical (unpaired) electrons. The Hall–Kier alpha value is -2.91. The summed E-state index contributed by atoms with van der Waals surface area (Å²) in [6.07, 6.45) is 7.67. The minimum absolute atomic E-state index is 0.242. The van der Waals surface area contributed by atoms with Crippen LogP contribution in [0.15, 0.2) is 52.3 Å². The van der Waals surface area contributed by atoms with Crippen LogP contribution in [0.4, 0.5) is 0 Å². The van der Waals surface area contributed by atoms with E-state index in [1.165, 1.54) is 13.1 Å². The summed E-state index contributed by atoms with van der Waals surface area (Å²) in [5.41, 5.74) is 3.16. The number of hydrogen-bond donors (Lipinski definition) is 2. The highest BCUT2D eigenvalue weighted by atomic mass is 16.5. The molecule has 24 heavy (non-hydrogen) atoms. The first-order valence-corrected chi connectivity index (χ1v) is 7.37. The summed E-state index contributed by atoms with van der Waals surface area (Å²) in [5, 5.41) is 13.5. The molecule has 1 aliphatic heterocycles. The first-order chi connectivity index (χ1) is 11.5. The van der Waals surface area contributed by atoms with Gasteiger partial charge in [0.2, 0.25) is 0 Å². The Morgan fingerprint density at radius 2 is 2.12 bits per heavy atom. The van der Waals surface area contributed by atoms with E-state index in [0.29, 0.717) is 17.3 Å². The first kappa shape index (κ1) is 19.1. The van der Waals surface area contributed by atoms with Crippen LogP contribution in [-0.2, 0) is 11.3 Å². The molecule has 1 aliphatic rings. The van der Waals surface area contributed by atoms with Crippen molar-refractivity contribution in [3.63, 3.8) is 0 Å². The molecule has 0 saturated heterocycles. The molecule has 1 aromatic heterocycles. The summed E-state index contributed by atoms with van der Waals surface area (Å²) in [5.74, 6) is 1.97. The predicted octanol–water partition coefficient (Wildman–Crippen LogP) is 2.29. The number of carbonyl (C=O) groups is 1. The van der Waals surface area contributed by atoms with Gasteiger partial charge in [-0.25, -0.2) is 0 Å². The molecule has 0 atom stereocenters. The molecule has 2 rings (SSSR count). The molecule has 6 heteroatoms. The van der Waals surface area contributed by atoms with Crippen LogP contribution < -0.4 is 5.32 Å². The lowest BCUT2D eigenvalue weighted by molar-refractivity contribution is -0.143. The average Bonchev–Trinajstić information content (AvgIpc) is 2.56. The normalized spacial score (nSPS) is 15.2. The Morgan fingerprint density at radius 3 is 2.62 bits per heavy atom. The van der Waals surface area contributed by atoms with Gasteiger partial charge in [0, 0.05) is 24.9 Å². The van der Waals surface area contributed by atoms with Crippen LogP contribution in [0.5, 0.6) is 0 Å². The number of nitrogens with zero attached hydrogens (tertiary/aromatic N) is 3. The van der Waals surface area contributed by atoms with Crippen molar-refractivity contribution in [2.24, 2.45) is 4.99 Å². The minimum Gasteiger partial charge on any atom is -0.379 e. The van der Waals surface area contributed by atoms with Crippen LogP contribution in [0.1, 0.15) is 26.5 Å². The van der Waals surface area contributed by atoms with Crippen LogP contribution in [0, 0.1) is 12.3 Å². The predicted molar refractivity (Wildman–Crippen MR) is 94.0 cm³/mol. The monoisotopic (exact) mass is 326 g/mol. The van der Waals surface area contributed by atoms with Gasteiger partial charge in [0.15, 0.2) is 5.84 Å². The number of rotatable bonds is 3. The zero-order chi connectivity index (χ0) is 18.1. The number of amides is 1. The van der Waals surface area contributed by atoms with Crippen molar-refractivity contribution in [1.29, 1.82) is 0 Å². The van der Waals surface area contributed by atoms with Crippen molar-refractivity contribution >= 4 is 11.7 Å². The highest BCUT2D eigenvalue weighted by Gasteiger charge is 2.28. The van der Waals surface area contributed by atoms with E-state index in [1.807, 2.05) is 32.0 Å². The summed E-state index contributed by atoms with van der Waals surface area (Å²) >= 11 is 0. The fraction of sp³-hybridized carbons (Fsp3) is 0.278. The number of hydroxylamine groups is 2. The second-order valence-electron chi connectivity index (χ2n) is 5.09. The van der Waals surface area contributed by atoms with Gasteiger partial charge in [-0.05, 0) is 32.9 Å². The van der Waals surface area contributed by atoms with Crippen LogP contribution in [0.3, 0.4) is 0 Å². The van der Waals surface area contributed by atoms with Gasteiger partial charge in [0.1, 0.15) is 0 Å². The lowest BCUT2D eigenvalue weighted by atomic mass is 10.0. The van der Waals surface area contributed by atoms with Crippen molar-refractivity contribution in [2.45, 2.75) is 27.3 Å². The molecule has 0 unspecified atom stereocenters. The molecule has 0 aliphatic carbocycles. The molecule has 0 fully saturated rings. The highest BCUT2D eigenvalue weighted by Crippen LogP contribution is 2.21. The summed E-state index contributed by atoms with van der Waals surface area (Å²) < 4.78 is 0. The van der Waals surface area contributed by atoms with Crippen molar-refractivity contribution in [2.75, 3.05) is 7.05 Å². The fourth-order valence-electron chi connectivity index (χ4n) is 2.11. The lowest BCUT2D eigenvalue weighted by Gasteiger charge is -2.26. The maximum atomic E-state index is 11.8. The van der Waals surface area contributed by atoms with Crippen molar-refractivity contribution in [3.8, 4) is 12.3 Å². The first-order valence-electron chi connectivity index (χ1n) is 7.37. The molecular formula is C18H22N4O2. The van der Waals surface area contributed by atoms with Crippen LogP contribution >= 0.6 is 0 Å². The van der Waals surface area contributed by atoms with E-state index in [1.54, 1.807) is 13.1 Å². The number of allylic oxidation sites excluding steroid dienone is 1. The van der Waals surface area contributed by atoms with Gasteiger partial charge in [-0.2, -0.15) is 5.06 Å². The number of amidine groups is 1. The van der Waals surface area contributed by atoms with Crippen LogP contribution in [-0.4, -0.2) is 34.0 Å². The average molecular weight is 326 g/mol. The molecule has 0 saturated carbocycles. The second-order valence-corrected chi connectivity index (χ2v) is 5.09. The van der Waals surface area contributed by atoms with Gasteiger partial charge in [-0.3, -0.25) is 20.0 Å². The van der Waals surface area contributed by atoms with Crippen molar-refractivity contribution in [3.05, 3.63) is 53.0 Å². The molecule has 1 amide bonds. The molecule has 2 heterocycles. The number of hydrogen-bond acceptors (Lipinski definition) is 5. The van der Waals surface area contributed by atoms with E-state index in [-0.39, 0.29) is 5.84 Å². The molecular weight excluding hydrogens is 304 g/mol. The molecule has 2 N–H and O–H groups in total. The van der Waals surface area contributed by atoms with E-state index in [4.69, 9.17) is 0 Å². The third-order valence-electron chi connectivity index (χ3n) is 3.07. The minimum atomic E-state index is -0.524. The zero-order valence-electron chi connectivity index (χ0n) is 14.4. The third kappa shape index (κ3) is 4.80. The number of pyridine rings is 1. The molecule has 1 aromatic rings. The Labute approximate surface area is 142 Å². The quantitative estimate of drug-likeness (QED) is 0.660. The maximum Gasteiger partial charge on any atom is 0.278 e. The molecule has 0 aromatic carbocycles. The van der Waals surface area contributed by atoms with Gasteiger partial charge >= 0.3 is 0 Å². The summed E-state index contributed by atoms with van der Waals surface area (Å²) in [4.78, 5) is 20.0. The molecule has 0 spiro atoms. The van der Waals surface area contributed by atoms with Crippen molar-refractivity contribution < 1.29 is 10.0 Å². The number of nitrogens with one attached hydrogen (secondary N) is 1. The number of aliphatic imine (C=N–C) groups is 1.